The average Bonchev–Trinajstić information content (AvgIpc) is 2.54. The zero-order chi connectivity index (χ0) is 12.6. The molecule has 6 heteroatoms. The van der Waals surface area contributed by atoms with Crippen molar-refractivity contribution in [3.63, 3.8) is 0 Å². The van der Waals surface area contributed by atoms with Gasteiger partial charge in [-0.25, -0.2) is 0 Å². The quantitative estimate of drug-likeness (QED) is 0.776. The third-order valence-electron chi connectivity index (χ3n) is 2.16. The number of benzene rings is 1. The van der Waals surface area contributed by atoms with Crippen molar-refractivity contribution in [3.8, 4) is 17.3 Å². The summed E-state index contributed by atoms with van der Waals surface area (Å²) in [7, 11) is 0. The highest BCUT2D eigenvalue weighted by atomic mass is 35.5. The molecular formula is C11H4Cl4N2. The van der Waals surface area contributed by atoms with Crippen LogP contribution in [0.15, 0.2) is 18.2 Å². The van der Waals surface area contributed by atoms with Gasteiger partial charge in [-0.15, -0.1) is 0 Å². The molecule has 0 unspecified atom stereocenters. The van der Waals surface area contributed by atoms with Gasteiger partial charge < -0.3 is 4.98 Å². The van der Waals surface area contributed by atoms with Gasteiger partial charge in [-0.05, 0) is 18.2 Å². The molecule has 0 atom stereocenters. The number of aromatic amines is 1. The summed E-state index contributed by atoms with van der Waals surface area (Å²) >= 11 is 23.5. The highest BCUT2D eigenvalue weighted by Gasteiger charge is 2.16. The van der Waals surface area contributed by atoms with Crippen LogP contribution in [0.4, 0.5) is 0 Å². The number of hydrogen-bond donors (Lipinski definition) is 1. The van der Waals surface area contributed by atoms with Crippen LogP contribution in [0.2, 0.25) is 20.2 Å². The summed E-state index contributed by atoms with van der Waals surface area (Å²) in [5.74, 6) is 0. The number of aromatic nitrogens is 1. The normalized spacial score (nSPS) is 10.3. The lowest BCUT2D eigenvalue weighted by Crippen LogP contribution is -1.82. The molecule has 0 radical (unpaired) electrons. The predicted molar refractivity (Wildman–Crippen MR) is 71.0 cm³/mol. The van der Waals surface area contributed by atoms with Crippen molar-refractivity contribution in [3.05, 3.63) is 44.0 Å². The standard InChI is InChI=1S/C11H4Cl4N2/c12-6-1-5(2-7(13)3-6)10-8(4-16)9(14)11(15)17-10/h1-3,17H. The Morgan fingerprint density at radius 2 is 1.59 bits per heavy atom. The second kappa shape index (κ2) is 4.80. The van der Waals surface area contributed by atoms with Crippen LogP contribution < -0.4 is 0 Å². The van der Waals surface area contributed by atoms with Gasteiger partial charge in [-0.1, -0.05) is 46.4 Å². The SMILES string of the molecule is N#Cc1c(-c2cc(Cl)cc(Cl)c2)[nH]c(Cl)c1Cl. The third kappa shape index (κ3) is 2.38. The van der Waals surface area contributed by atoms with Crippen LogP contribution >= 0.6 is 46.4 Å². The van der Waals surface area contributed by atoms with Gasteiger partial charge >= 0.3 is 0 Å². The molecule has 86 valence electrons. The molecule has 2 rings (SSSR count). The molecular weight excluding hydrogens is 302 g/mol. The first-order chi connectivity index (χ1) is 8.02. The molecule has 1 heterocycles. The summed E-state index contributed by atoms with van der Waals surface area (Å²) in [6.45, 7) is 0. The van der Waals surface area contributed by atoms with E-state index in [1.165, 1.54) is 0 Å². The van der Waals surface area contributed by atoms with Crippen molar-refractivity contribution in [2.75, 3.05) is 0 Å². The Balaban J connectivity index is 2.69. The average molecular weight is 306 g/mol. The number of nitrogens with zero attached hydrogens (tertiary/aromatic N) is 1. The van der Waals surface area contributed by atoms with E-state index in [0.717, 1.165) is 0 Å². The van der Waals surface area contributed by atoms with E-state index in [0.29, 0.717) is 21.3 Å². The molecule has 2 aromatic rings. The molecule has 0 aliphatic heterocycles. The minimum absolute atomic E-state index is 0.195. The Kier molecular flexibility index (Phi) is 3.56. The van der Waals surface area contributed by atoms with E-state index in [4.69, 9.17) is 51.7 Å². The lowest BCUT2D eigenvalue weighted by atomic mass is 10.1. The Hall–Kier alpha value is -0.850. The van der Waals surface area contributed by atoms with Gasteiger partial charge in [0.25, 0.3) is 0 Å². The van der Waals surface area contributed by atoms with E-state index in [1.807, 2.05) is 6.07 Å². The van der Waals surface area contributed by atoms with Crippen molar-refractivity contribution in [2.24, 2.45) is 0 Å². The zero-order valence-electron chi connectivity index (χ0n) is 8.19. The van der Waals surface area contributed by atoms with Gasteiger partial charge in [0.1, 0.15) is 11.2 Å². The van der Waals surface area contributed by atoms with Crippen molar-refractivity contribution >= 4 is 46.4 Å². The van der Waals surface area contributed by atoms with E-state index in [2.05, 4.69) is 4.98 Å². The number of nitriles is 1. The van der Waals surface area contributed by atoms with Crippen LogP contribution in [0.1, 0.15) is 5.56 Å². The highest BCUT2D eigenvalue weighted by molar-refractivity contribution is 6.42. The molecule has 0 amide bonds. The Bertz CT molecular complexity index is 605. The third-order valence-corrected chi connectivity index (χ3v) is 3.35. The largest absolute Gasteiger partial charge is 0.343 e. The molecule has 0 aliphatic carbocycles. The lowest BCUT2D eigenvalue weighted by Gasteiger charge is -2.01. The molecule has 0 saturated heterocycles. The molecule has 17 heavy (non-hydrogen) atoms. The molecule has 0 fully saturated rings. The van der Waals surface area contributed by atoms with E-state index in [9.17, 15) is 0 Å². The first-order valence-corrected chi connectivity index (χ1v) is 5.97. The fraction of sp³-hybridized carbons (Fsp3) is 0. The molecule has 2 nitrogen and oxygen atoms in total. The van der Waals surface area contributed by atoms with Crippen molar-refractivity contribution in [1.82, 2.24) is 4.98 Å². The molecule has 0 saturated carbocycles. The first kappa shape index (κ1) is 12.6. The summed E-state index contributed by atoms with van der Waals surface area (Å²) in [5.41, 5.74) is 1.44. The van der Waals surface area contributed by atoms with Gasteiger partial charge in [0.05, 0.1) is 16.3 Å². The smallest absolute Gasteiger partial charge is 0.127 e. The Labute approximate surface area is 118 Å². The van der Waals surface area contributed by atoms with Gasteiger partial charge in [0.2, 0.25) is 0 Å². The van der Waals surface area contributed by atoms with Crippen LogP contribution in [-0.4, -0.2) is 4.98 Å². The second-order valence-corrected chi connectivity index (χ2v) is 4.90. The lowest BCUT2D eigenvalue weighted by molar-refractivity contribution is 1.39. The molecule has 0 aliphatic rings. The van der Waals surface area contributed by atoms with Crippen LogP contribution in [0, 0.1) is 11.3 Å². The summed E-state index contributed by atoms with van der Waals surface area (Å²) < 4.78 is 0. The zero-order valence-corrected chi connectivity index (χ0v) is 11.2. The Morgan fingerprint density at radius 1 is 1.00 bits per heavy atom. The molecule has 0 spiro atoms. The monoisotopic (exact) mass is 304 g/mol. The number of hydrogen-bond acceptors (Lipinski definition) is 1. The Morgan fingerprint density at radius 3 is 2.12 bits per heavy atom. The van der Waals surface area contributed by atoms with Crippen LogP contribution in [0.3, 0.4) is 0 Å². The van der Waals surface area contributed by atoms with E-state index >= 15 is 0 Å². The van der Waals surface area contributed by atoms with Gasteiger partial charge in [0, 0.05) is 15.6 Å². The van der Waals surface area contributed by atoms with E-state index < -0.39 is 0 Å². The van der Waals surface area contributed by atoms with Crippen LogP contribution in [-0.2, 0) is 0 Å². The molecule has 0 bridgehead atoms. The maximum absolute atomic E-state index is 9.03. The predicted octanol–water partition coefficient (Wildman–Crippen LogP) is 5.17. The van der Waals surface area contributed by atoms with Crippen LogP contribution in [0.25, 0.3) is 11.3 Å². The first-order valence-electron chi connectivity index (χ1n) is 4.46. The van der Waals surface area contributed by atoms with Crippen molar-refractivity contribution in [2.45, 2.75) is 0 Å². The fourth-order valence-corrected chi connectivity index (χ4v) is 2.37. The topological polar surface area (TPSA) is 39.6 Å². The number of rotatable bonds is 1. The minimum Gasteiger partial charge on any atom is -0.343 e. The van der Waals surface area contributed by atoms with Gasteiger partial charge in [-0.2, -0.15) is 5.26 Å². The van der Waals surface area contributed by atoms with Crippen molar-refractivity contribution in [1.29, 1.82) is 5.26 Å². The van der Waals surface area contributed by atoms with Crippen molar-refractivity contribution < 1.29 is 0 Å². The maximum atomic E-state index is 9.03. The number of H-pyrrole nitrogens is 1. The van der Waals surface area contributed by atoms with Gasteiger partial charge in [-0.3, -0.25) is 0 Å². The van der Waals surface area contributed by atoms with Gasteiger partial charge in [0.15, 0.2) is 0 Å². The second-order valence-electron chi connectivity index (χ2n) is 3.27. The maximum Gasteiger partial charge on any atom is 0.127 e. The number of nitrogens with one attached hydrogen (secondary N) is 1. The fourth-order valence-electron chi connectivity index (χ4n) is 1.47. The van der Waals surface area contributed by atoms with E-state index in [1.54, 1.807) is 18.2 Å². The summed E-state index contributed by atoms with van der Waals surface area (Å²) in [6.07, 6.45) is 0. The summed E-state index contributed by atoms with van der Waals surface area (Å²) in [4.78, 5) is 2.83. The molecule has 1 aromatic heterocycles. The number of halogens is 4. The van der Waals surface area contributed by atoms with E-state index in [-0.39, 0.29) is 15.7 Å². The minimum atomic E-state index is 0.195. The molecule has 1 aromatic carbocycles. The highest BCUT2D eigenvalue weighted by Crippen LogP contribution is 2.35. The summed E-state index contributed by atoms with van der Waals surface area (Å²) in [5, 5.41) is 10.4. The summed E-state index contributed by atoms with van der Waals surface area (Å²) in [6, 6.07) is 6.94. The molecule has 1 N–H and O–H groups in total. The van der Waals surface area contributed by atoms with Crippen LogP contribution in [0.5, 0.6) is 0 Å².